The summed E-state index contributed by atoms with van der Waals surface area (Å²) in [5.74, 6) is 1.84. The van der Waals surface area contributed by atoms with Crippen LogP contribution in [-0.2, 0) is 22.6 Å². The molecule has 0 aliphatic carbocycles. The van der Waals surface area contributed by atoms with Gasteiger partial charge in [0.15, 0.2) is 0 Å². The van der Waals surface area contributed by atoms with Crippen molar-refractivity contribution in [2.75, 3.05) is 18.6 Å². The van der Waals surface area contributed by atoms with E-state index in [4.69, 9.17) is 4.74 Å². The molecule has 0 saturated heterocycles. The third-order valence-corrected chi connectivity index (χ3v) is 5.08. The third-order valence-electron chi connectivity index (χ3n) is 3.96. The summed E-state index contributed by atoms with van der Waals surface area (Å²) in [5, 5.41) is 10.3. The van der Waals surface area contributed by atoms with Crippen LogP contribution >= 0.6 is 11.8 Å². The number of benzene rings is 2. The van der Waals surface area contributed by atoms with Crippen molar-refractivity contribution in [3.05, 3.63) is 65.2 Å². The highest BCUT2D eigenvalue weighted by Crippen LogP contribution is 2.26. The summed E-state index contributed by atoms with van der Waals surface area (Å²) in [4.78, 5) is 11.1. The van der Waals surface area contributed by atoms with Crippen LogP contribution in [0.25, 0.3) is 0 Å². The van der Waals surface area contributed by atoms with Crippen LogP contribution in [0.2, 0.25) is 0 Å². The molecule has 0 bridgehead atoms. The normalized spacial score (nSPS) is 11.8. The fraction of sp³-hybridized carbons (Fsp3) is 0.381. The first kappa shape index (κ1) is 20.3. The van der Waals surface area contributed by atoms with Crippen molar-refractivity contribution < 1.29 is 19.4 Å². The summed E-state index contributed by atoms with van der Waals surface area (Å²) in [6.45, 7) is 2.52. The molecule has 1 unspecified atom stereocenters. The van der Waals surface area contributed by atoms with E-state index in [9.17, 15) is 9.90 Å². The highest BCUT2D eigenvalue weighted by Gasteiger charge is 2.13. The largest absolute Gasteiger partial charge is 0.488 e. The monoisotopic (exact) mass is 374 g/mol. The van der Waals surface area contributed by atoms with Crippen LogP contribution in [0.1, 0.15) is 23.1 Å². The van der Waals surface area contributed by atoms with Gasteiger partial charge in [-0.1, -0.05) is 48.5 Å². The molecule has 0 aromatic heterocycles. The predicted molar refractivity (Wildman–Crippen MR) is 106 cm³/mol. The zero-order chi connectivity index (χ0) is 18.8. The van der Waals surface area contributed by atoms with Crippen molar-refractivity contribution in [3.63, 3.8) is 0 Å². The second-order valence-electron chi connectivity index (χ2n) is 6.10. The molecule has 2 rings (SSSR count). The average molecular weight is 375 g/mol. The van der Waals surface area contributed by atoms with E-state index in [-0.39, 0.29) is 5.97 Å². The van der Waals surface area contributed by atoms with E-state index >= 15 is 0 Å². The van der Waals surface area contributed by atoms with E-state index < -0.39 is 6.10 Å². The summed E-state index contributed by atoms with van der Waals surface area (Å²) in [6.07, 6.45) is 0.402. The number of aliphatic hydroxyl groups is 1. The fourth-order valence-electron chi connectivity index (χ4n) is 2.60. The molecule has 0 spiro atoms. The van der Waals surface area contributed by atoms with Gasteiger partial charge in [-0.2, -0.15) is 11.8 Å². The van der Waals surface area contributed by atoms with Crippen LogP contribution in [0.4, 0.5) is 0 Å². The molecule has 0 saturated carbocycles. The minimum absolute atomic E-state index is 0.220. The lowest BCUT2D eigenvalue weighted by Gasteiger charge is -2.17. The molecular formula is C21H26O4S. The summed E-state index contributed by atoms with van der Waals surface area (Å²) in [6, 6.07) is 16.0. The van der Waals surface area contributed by atoms with Crippen molar-refractivity contribution in [2.24, 2.45) is 0 Å². The maximum absolute atomic E-state index is 11.1. The molecule has 2 aromatic carbocycles. The molecule has 5 heteroatoms. The Labute approximate surface area is 159 Å². The van der Waals surface area contributed by atoms with Crippen LogP contribution in [0, 0.1) is 6.92 Å². The third kappa shape index (κ3) is 6.73. The second-order valence-corrected chi connectivity index (χ2v) is 7.25. The lowest BCUT2D eigenvalue weighted by Crippen LogP contribution is -2.15. The van der Waals surface area contributed by atoms with Gasteiger partial charge in [0.2, 0.25) is 0 Å². The second kappa shape index (κ2) is 10.9. The number of carbonyl (C=O) groups excluding carboxylic acids is 1. The Morgan fingerprint density at radius 1 is 1.15 bits per heavy atom. The Morgan fingerprint density at radius 2 is 1.92 bits per heavy atom. The average Bonchev–Trinajstić information content (AvgIpc) is 2.65. The van der Waals surface area contributed by atoms with Crippen molar-refractivity contribution in [3.8, 4) is 5.75 Å². The minimum Gasteiger partial charge on any atom is -0.488 e. The van der Waals surface area contributed by atoms with Gasteiger partial charge < -0.3 is 14.6 Å². The van der Waals surface area contributed by atoms with Gasteiger partial charge >= 0.3 is 5.97 Å². The van der Waals surface area contributed by atoms with Gasteiger partial charge in [0, 0.05) is 17.9 Å². The lowest BCUT2D eigenvalue weighted by molar-refractivity contribution is -0.140. The lowest BCUT2D eigenvalue weighted by atomic mass is 10.0. The van der Waals surface area contributed by atoms with Crippen LogP contribution in [-0.4, -0.2) is 35.8 Å². The number of hydrogen-bond acceptors (Lipinski definition) is 5. The number of aliphatic hydroxyl groups excluding tert-OH is 1. The van der Waals surface area contributed by atoms with E-state index in [0.717, 1.165) is 22.4 Å². The number of rotatable bonds is 10. The summed E-state index contributed by atoms with van der Waals surface area (Å²) < 4.78 is 10.7. The zero-order valence-corrected chi connectivity index (χ0v) is 16.1. The van der Waals surface area contributed by atoms with Gasteiger partial charge in [0.05, 0.1) is 19.6 Å². The first-order valence-corrected chi connectivity index (χ1v) is 9.83. The van der Waals surface area contributed by atoms with E-state index in [1.807, 2.05) is 55.5 Å². The fourth-order valence-corrected chi connectivity index (χ4v) is 3.47. The molecule has 26 heavy (non-hydrogen) atoms. The van der Waals surface area contributed by atoms with E-state index in [1.165, 1.54) is 7.11 Å². The Balaban J connectivity index is 1.90. The van der Waals surface area contributed by atoms with Crippen molar-refractivity contribution in [2.45, 2.75) is 32.5 Å². The molecule has 0 aliphatic rings. The van der Waals surface area contributed by atoms with Gasteiger partial charge in [0.1, 0.15) is 12.4 Å². The maximum atomic E-state index is 11.1. The molecular weight excluding hydrogens is 348 g/mol. The van der Waals surface area contributed by atoms with Gasteiger partial charge in [-0.25, -0.2) is 0 Å². The molecule has 0 radical (unpaired) electrons. The minimum atomic E-state index is -0.487. The molecule has 0 fully saturated rings. The number of esters is 1. The topological polar surface area (TPSA) is 55.8 Å². The number of methoxy groups -OCH3 is 1. The highest BCUT2D eigenvalue weighted by molar-refractivity contribution is 7.99. The van der Waals surface area contributed by atoms with Gasteiger partial charge in [-0.05, 0) is 23.6 Å². The zero-order valence-electron chi connectivity index (χ0n) is 15.3. The van der Waals surface area contributed by atoms with Crippen LogP contribution < -0.4 is 4.74 Å². The first-order valence-electron chi connectivity index (χ1n) is 8.68. The van der Waals surface area contributed by atoms with Gasteiger partial charge in [-0.15, -0.1) is 0 Å². The smallest absolute Gasteiger partial charge is 0.306 e. The van der Waals surface area contributed by atoms with Gasteiger partial charge in [-0.3, -0.25) is 4.79 Å². The number of carbonyl (C=O) groups is 1. The predicted octanol–water partition coefficient (Wildman–Crippen LogP) is 3.77. The number of ether oxygens (including phenoxy) is 2. The van der Waals surface area contributed by atoms with Crippen LogP contribution in [0.15, 0.2) is 48.5 Å². The van der Waals surface area contributed by atoms with Crippen LogP contribution in [0.3, 0.4) is 0 Å². The maximum Gasteiger partial charge on any atom is 0.306 e. The molecule has 0 aliphatic heterocycles. The summed E-state index contributed by atoms with van der Waals surface area (Å²) in [5.41, 5.74) is 3.17. The summed E-state index contributed by atoms with van der Waals surface area (Å²) in [7, 11) is 1.39. The molecule has 140 valence electrons. The standard InChI is InChI=1S/C21H26O4S/c1-16-7-6-10-18(13-19(22)15-26-12-11-20(23)24-2)21(16)25-14-17-8-4-3-5-9-17/h3-10,19,22H,11-15H2,1-2H3. The quantitative estimate of drug-likeness (QED) is 0.507. The van der Waals surface area contributed by atoms with Crippen molar-refractivity contribution >= 4 is 17.7 Å². The number of thioether (sulfide) groups is 1. The number of hydrogen-bond donors (Lipinski definition) is 1. The molecule has 0 amide bonds. The van der Waals surface area contributed by atoms with E-state index in [2.05, 4.69) is 4.74 Å². The van der Waals surface area contributed by atoms with Crippen molar-refractivity contribution in [1.29, 1.82) is 0 Å². The van der Waals surface area contributed by atoms with E-state index in [0.29, 0.717) is 31.0 Å². The first-order chi connectivity index (χ1) is 12.6. The Hall–Kier alpha value is -1.98. The number of aryl methyl sites for hydroxylation is 1. The Kier molecular flexibility index (Phi) is 8.51. The molecule has 1 N–H and O–H groups in total. The molecule has 1 atom stereocenters. The molecule has 0 heterocycles. The number of para-hydroxylation sites is 1. The Morgan fingerprint density at radius 3 is 2.65 bits per heavy atom. The Bertz CT molecular complexity index is 688. The van der Waals surface area contributed by atoms with Crippen molar-refractivity contribution in [1.82, 2.24) is 0 Å². The summed E-state index contributed by atoms with van der Waals surface area (Å²) >= 11 is 1.55. The van der Waals surface area contributed by atoms with Crippen LogP contribution in [0.5, 0.6) is 5.75 Å². The molecule has 4 nitrogen and oxygen atoms in total. The van der Waals surface area contributed by atoms with Gasteiger partial charge in [0.25, 0.3) is 0 Å². The highest BCUT2D eigenvalue weighted by atomic mass is 32.2. The van der Waals surface area contributed by atoms with E-state index in [1.54, 1.807) is 11.8 Å². The SMILES string of the molecule is COC(=O)CCSCC(O)Cc1cccc(C)c1OCc1ccccc1. The molecule has 2 aromatic rings.